The van der Waals surface area contributed by atoms with Crippen LogP contribution in [0.1, 0.15) is 23.2 Å². The molecule has 1 aromatic heterocycles. The number of aryl methyl sites for hydroxylation is 1. The van der Waals surface area contributed by atoms with Crippen LogP contribution in [0.25, 0.3) is 11.5 Å². The molecule has 1 amide bonds. The second-order valence-electron chi connectivity index (χ2n) is 5.31. The number of aromatic nitrogens is 1. The second-order valence-corrected chi connectivity index (χ2v) is 6.13. The Labute approximate surface area is 147 Å². The van der Waals surface area contributed by atoms with Gasteiger partial charge < -0.3 is 19.9 Å². The Balaban J connectivity index is 2.20. The van der Waals surface area contributed by atoms with Crippen LogP contribution in [0.3, 0.4) is 0 Å². The summed E-state index contributed by atoms with van der Waals surface area (Å²) >= 11 is 11.8. The molecular weight excluding hydrogens is 359 g/mol. The highest BCUT2D eigenvalue weighted by Crippen LogP contribution is 2.29. The summed E-state index contributed by atoms with van der Waals surface area (Å²) in [7, 11) is 0. The number of carboxylic acid groups (broad SMARTS) is 1. The lowest BCUT2D eigenvalue weighted by molar-refractivity contribution is -0.155. The number of carbonyl (C=O) groups is 2. The Morgan fingerprint density at radius 2 is 2.00 bits per heavy atom. The van der Waals surface area contributed by atoms with Crippen molar-refractivity contribution in [2.24, 2.45) is 0 Å². The van der Waals surface area contributed by atoms with Gasteiger partial charge in [-0.15, -0.1) is 0 Å². The molecule has 128 valence electrons. The molecule has 1 aromatic carbocycles. The maximum Gasteiger partial charge on any atom is 0.337 e. The molecule has 0 bridgehead atoms. The molecular formula is C15H14Cl2N2O5. The zero-order chi connectivity index (χ0) is 18.1. The largest absolute Gasteiger partial charge is 0.479 e. The number of carboxylic acids is 1. The van der Waals surface area contributed by atoms with Gasteiger partial charge in [0, 0.05) is 5.56 Å². The molecule has 7 nitrogen and oxygen atoms in total. The molecule has 0 radical (unpaired) electrons. The monoisotopic (exact) mass is 372 g/mol. The van der Waals surface area contributed by atoms with E-state index in [0.29, 0.717) is 15.6 Å². The van der Waals surface area contributed by atoms with Crippen molar-refractivity contribution < 1.29 is 24.2 Å². The van der Waals surface area contributed by atoms with Crippen molar-refractivity contribution >= 4 is 35.1 Å². The molecule has 2 rings (SSSR count). The molecule has 0 aliphatic carbocycles. The molecule has 1 unspecified atom stereocenters. The van der Waals surface area contributed by atoms with E-state index in [0.717, 1.165) is 6.92 Å². The van der Waals surface area contributed by atoms with Crippen LogP contribution in [-0.2, 0) is 4.79 Å². The summed E-state index contributed by atoms with van der Waals surface area (Å²) in [6, 6.07) is 4.75. The van der Waals surface area contributed by atoms with Gasteiger partial charge in [-0.05, 0) is 32.0 Å². The fourth-order valence-corrected chi connectivity index (χ4v) is 2.07. The normalized spacial score (nSPS) is 13.4. The van der Waals surface area contributed by atoms with Crippen LogP contribution in [-0.4, -0.2) is 39.2 Å². The minimum Gasteiger partial charge on any atom is -0.479 e. The standard InChI is InChI=1S/C15H14Cl2N2O5/c1-7-11(12(20)18-6-15(2,23)14(21)22)19-13(24-7)8-3-4-9(16)10(17)5-8/h3-5,23H,6H2,1-2H3,(H,18,20)(H,21,22). The van der Waals surface area contributed by atoms with Gasteiger partial charge in [0.05, 0.1) is 16.6 Å². The third-order valence-corrected chi connectivity index (χ3v) is 3.97. The summed E-state index contributed by atoms with van der Waals surface area (Å²) in [5, 5.41) is 21.4. The van der Waals surface area contributed by atoms with Crippen LogP contribution < -0.4 is 5.32 Å². The molecule has 24 heavy (non-hydrogen) atoms. The molecule has 0 spiro atoms. The highest BCUT2D eigenvalue weighted by Gasteiger charge is 2.31. The van der Waals surface area contributed by atoms with Gasteiger partial charge >= 0.3 is 5.97 Å². The number of aliphatic carboxylic acids is 1. The summed E-state index contributed by atoms with van der Waals surface area (Å²) in [5.41, 5.74) is -1.57. The van der Waals surface area contributed by atoms with Crippen molar-refractivity contribution in [1.82, 2.24) is 10.3 Å². The average Bonchev–Trinajstić information content (AvgIpc) is 2.89. The molecule has 3 N–H and O–H groups in total. The summed E-state index contributed by atoms with van der Waals surface area (Å²) < 4.78 is 5.44. The fraction of sp³-hybridized carbons (Fsp3) is 0.267. The van der Waals surface area contributed by atoms with Crippen LogP contribution in [0.5, 0.6) is 0 Å². The van der Waals surface area contributed by atoms with Crippen LogP contribution in [0, 0.1) is 6.92 Å². The van der Waals surface area contributed by atoms with Crippen molar-refractivity contribution in [3.63, 3.8) is 0 Å². The van der Waals surface area contributed by atoms with E-state index in [1.165, 1.54) is 6.92 Å². The van der Waals surface area contributed by atoms with Crippen LogP contribution in [0.4, 0.5) is 0 Å². The number of nitrogens with zero attached hydrogens (tertiary/aromatic N) is 1. The quantitative estimate of drug-likeness (QED) is 0.743. The lowest BCUT2D eigenvalue weighted by Crippen LogP contribution is -2.46. The number of carbonyl (C=O) groups excluding carboxylic acids is 1. The lowest BCUT2D eigenvalue weighted by Gasteiger charge is -2.17. The van der Waals surface area contributed by atoms with Crippen LogP contribution >= 0.6 is 23.2 Å². The topological polar surface area (TPSA) is 113 Å². The Morgan fingerprint density at radius 1 is 1.33 bits per heavy atom. The van der Waals surface area contributed by atoms with Crippen molar-refractivity contribution in [2.45, 2.75) is 19.4 Å². The number of aliphatic hydroxyl groups is 1. The van der Waals surface area contributed by atoms with E-state index < -0.39 is 24.0 Å². The molecule has 9 heteroatoms. The zero-order valence-corrected chi connectivity index (χ0v) is 14.3. The molecule has 1 atom stereocenters. The van der Waals surface area contributed by atoms with Gasteiger partial charge in [-0.3, -0.25) is 4.79 Å². The molecule has 0 aliphatic rings. The van der Waals surface area contributed by atoms with Crippen LogP contribution in [0.15, 0.2) is 22.6 Å². The second kappa shape index (κ2) is 6.80. The first kappa shape index (κ1) is 18.3. The van der Waals surface area contributed by atoms with E-state index in [2.05, 4.69) is 10.3 Å². The van der Waals surface area contributed by atoms with E-state index in [9.17, 15) is 14.7 Å². The summed E-state index contributed by atoms with van der Waals surface area (Å²) in [4.78, 5) is 27.0. The van der Waals surface area contributed by atoms with Gasteiger partial charge in [0.25, 0.3) is 5.91 Å². The van der Waals surface area contributed by atoms with Gasteiger partial charge in [-0.2, -0.15) is 0 Å². The number of hydrogen-bond acceptors (Lipinski definition) is 5. The Bertz CT molecular complexity index is 801. The number of hydrogen-bond donors (Lipinski definition) is 3. The van der Waals surface area contributed by atoms with Crippen LogP contribution in [0.2, 0.25) is 10.0 Å². The third kappa shape index (κ3) is 3.87. The molecule has 0 saturated heterocycles. The van der Waals surface area contributed by atoms with Crippen molar-refractivity contribution in [1.29, 1.82) is 0 Å². The summed E-state index contributed by atoms with van der Waals surface area (Å²) in [5.74, 6) is -1.70. The Morgan fingerprint density at radius 3 is 2.58 bits per heavy atom. The molecule has 2 aromatic rings. The number of nitrogens with one attached hydrogen (secondary N) is 1. The van der Waals surface area contributed by atoms with E-state index in [1.54, 1.807) is 18.2 Å². The molecule has 1 heterocycles. The highest BCUT2D eigenvalue weighted by molar-refractivity contribution is 6.42. The van der Waals surface area contributed by atoms with Crippen molar-refractivity contribution in [3.8, 4) is 11.5 Å². The van der Waals surface area contributed by atoms with Crippen molar-refractivity contribution in [2.75, 3.05) is 6.54 Å². The van der Waals surface area contributed by atoms with Gasteiger partial charge in [0.1, 0.15) is 5.76 Å². The summed E-state index contributed by atoms with van der Waals surface area (Å²) in [6.45, 7) is 2.14. The summed E-state index contributed by atoms with van der Waals surface area (Å²) in [6.07, 6.45) is 0. The van der Waals surface area contributed by atoms with Gasteiger partial charge in [0.15, 0.2) is 11.3 Å². The maximum atomic E-state index is 12.1. The minimum absolute atomic E-state index is 0.0164. The first-order chi connectivity index (χ1) is 11.1. The third-order valence-electron chi connectivity index (χ3n) is 3.23. The number of benzene rings is 1. The van der Waals surface area contributed by atoms with E-state index >= 15 is 0 Å². The predicted octanol–water partition coefficient (Wildman–Crippen LogP) is 2.52. The highest BCUT2D eigenvalue weighted by atomic mass is 35.5. The minimum atomic E-state index is -2.08. The Kier molecular flexibility index (Phi) is 5.17. The smallest absolute Gasteiger partial charge is 0.337 e. The SMILES string of the molecule is Cc1oc(-c2ccc(Cl)c(Cl)c2)nc1C(=O)NCC(C)(O)C(=O)O. The average molecular weight is 373 g/mol. The number of halogens is 2. The number of amides is 1. The molecule has 0 saturated carbocycles. The first-order valence-corrected chi connectivity index (χ1v) is 7.54. The maximum absolute atomic E-state index is 12.1. The van der Waals surface area contributed by atoms with E-state index in [1.807, 2.05) is 0 Å². The first-order valence-electron chi connectivity index (χ1n) is 6.78. The van der Waals surface area contributed by atoms with Gasteiger partial charge in [-0.1, -0.05) is 23.2 Å². The van der Waals surface area contributed by atoms with Gasteiger partial charge in [0.2, 0.25) is 5.89 Å². The lowest BCUT2D eigenvalue weighted by atomic mass is 10.1. The van der Waals surface area contributed by atoms with E-state index in [-0.39, 0.29) is 17.3 Å². The zero-order valence-electron chi connectivity index (χ0n) is 12.8. The number of oxazole rings is 1. The van der Waals surface area contributed by atoms with Gasteiger partial charge in [-0.25, -0.2) is 9.78 Å². The molecule has 0 fully saturated rings. The van der Waals surface area contributed by atoms with Crippen molar-refractivity contribution in [3.05, 3.63) is 39.7 Å². The molecule has 0 aliphatic heterocycles. The Hall–Kier alpha value is -2.09. The predicted molar refractivity (Wildman–Crippen MR) is 87.3 cm³/mol. The van der Waals surface area contributed by atoms with E-state index in [4.69, 9.17) is 32.7 Å². The number of rotatable bonds is 5. The fourth-order valence-electron chi connectivity index (χ4n) is 1.77.